The molecule has 35 heavy (non-hydrogen) atoms. The summed E-state index contributed by atoms with van der Waals surface area (Å²) in [5, 5.41) is 12.3. The fraction of sp³-hybridized carbons (Fsp3) is 0.346. The van der Waals surface area contributed by atoms with Crippen molar-refractivity contribution in [3.63, 3.8) is 0 Å². The van der Waals surface area contributed by atoms with Gasteiger partial charge in [0.2, 0.25) is 5.91 Å². The van der Waals surface area contributed by atoms with Gasteiger partial charge in [0, 0.05) is 18.7 Å². The third-order valence-electron chi connectivity index (χ3n) is 5.07. The van der Waals surface area contributed by atoms with E-state index in [0.29, 0.717) is 31.5 Å². The van der Waals surface area contributed by atoms with Crippen molar-refractivity contribution >= 4 is 17.7 Å². The van der Waals surface area contributed by atoms with E-state index >= 15 is 0 Å². The van der Waals surface area contributed by atoms with Crippen LogP contribution in [0.15, 0.2) is 60.3 Å². The maximum absolute atomic E-state index is 12.1. The number of methoxy groups -OCH3 is 1. The van der Waals surface area contributed by atoms with E-state index in [1.54, 1.807) is 13.2 Å². The third kappa shape index (κ3) is 7.26. The highest BCUT2D eigenvalue weighted by Crippen LogP contribution is 2.30. The summed E-state index contributed by atoms with van der Waals surface area (Å²) in [7, 11) is 1.64. The molecule has 186 valence electrons. The van der Waals surface area contributed by atoms with Crippen molar-refractivity contribution in [3.05, 3.63) is 60.7 Å². The van der Waals surface area contributed by atoms with Gasteiger partial charge in [-0.05, 0) is 62.2 Å². The van der Waals surface area contributed by atoms with Crippen molar-refractivity contribution in [1.29, 1.82) is 0 Å². The van der Waals surface area contributed by atoms with E-state index in [-0.39, 0.29) is 11.7 Å². The van der Waals surface area contributed by atoms with Crippen LogP contribution in [0.4, 0.5) is 0 Å². The summed E-state index contributed by atoms with van der Waals surface area (Å²) in [4.78, 5) is 12.1. The summed E-state index contributed by atoms with van der Waals surface area (Å²) in [5.41, 5.74) is 2.02. The Kier molecular flexibility index (Phi) is 10.0. The number of amides is 1. The van der Waals surface area contributed by atoms with Crippen molar-refractivity contribution in [1.82, 2.24) is 20.1 Å². The molecule has 0 radical (unpaired) electrons. The van der Waals surface area contributed by atoms with Crippen LogP contribution in [0.5, 0.6) is 17.2 Å². The van der Waals surface area contributed by atoms with Crippen molar-refractivity contribution in [3.8, 4) is 28.6 Å². The standard InChI is InChI=1S/C26H32N4O4S/c1-5-15-27-24(31)18-35-26-29-28-25(20-9-11-21(32-4)12-10-20)30(26)16-14-19-8-13-22(33-6-2)23(17-19)34-7-3/h5,8-13,17H,1,6-7,14-16,18H2,2-4H3,(H,27,31). The van der Waals surface area contributed by atoms with Gasteiger partial charge in [0.1, 0.15) is 5.75 Å². The van der Waals surface area contributed by atoms with Gasteiger partial charge in [0.05, 0.1) is 26.1 Å². The Hall–Kier alpha value is -3.46. The molecule has 0 saturated heterocycles. The van der Waals surface area contributed by atoms with Crippen LogP contribution in [0.2, 0.25) is 0 Å². The van der Waals surface area contributed by atoms with Crippen LogP contribution in [-0.4, -0.2) is 53.3 Å². The van der Waals surface area contributed by atoms with E-state index in [1.165, 1.54) is 11.8 Å². The molecule has 8 nitrogen and oxygen atoms in total. The average molecular weight is 497 g/mol. The van der Waals surface area contributed by atoms with Crippen LogP contribution in [0.25, 0.3) is 11.4 Å². The van der Waals surface area contributed by atoms with Gasteiger partial charge in [-0.3, -0.25) is 4.79 Å². The zero-order chi connectivity index (χ0) is 25.0. The Morgan fingerprint density at radius 1 is 1.09 bits per heavy atom. The number of nitrogens with zero attached hydrogens (tertiary/aromatic N) is 3. The number of carbonyl (C=O) groups excluding carboxylic acids is 1. The number of aromatic nitrogens is 3. The number of ether oxygens (including phenoxy) is 3. The molecule has 0 aliphatic heterocycles. The van der Waals surface area contributed by atoms with Crippen molar-refractivity contribution in [2.45, 2.75) is 32.0 Å². The van der Waals surface area contributed by atoms with E-state index < -0.39 is 0 Å². The largest absolute Gasteiger partial charge is 0.497 e. The lowest BCUT2D eigenvalue weighted by atomic mass is 10.1. The van der Waals surface area contributed by atoms with E-state index in [2.05, 4.69) is 22.1 Å². The second-order valence-electron chi connectivity index (χ2n) is 7.46. The first-order valence-electron chi connectivity index (χ1n) is 11.6. The number of carbonyl (C=O) groups is 1. The van der Waals surface area contributed by atoms with Crippen LogP contribution in [0.1, 0.15) is 19.4 Å². The van der Waals surface area contributed by atoms with E-state index in [0.717, 1.165) is 40.6 Å². The molecule has 2 aromatic carbocycles. The molecule has 0 spiro atoms. The fourth-order valence-corrected chi connectivity index (χ4v) is 4.20. The highest BCUT2D eigenvalue weighted by Gasteiger charge is 2.16. The van der Waals surface area contributed by atoms with Crippen molar-refractivity contribution in [2.75, 3.05) is 32.6 Å². The molecule has 0 aliphatic carbocycles. The Balaban J connectivity index is 1.84. The fourth-order valence-electron chi connectivity index (χ4n) is 3.41. The molecule has 0 fully saturated rings. The van der Waals surface area contributed by atoms with Gasteiger partial charge in [-0.15, -0.1) is 16.8 Å². The minimum Gasteiger partial charge on any atom is -0.497 e. The summed E-state index contributed by atoms with van der Waals surface area (Å²) in [6.45, 7) is 9.73. The molecule has 1 heterocycles. The Labute approximate surface area is 210 Å². The summed E-state index contributed by atoms with van der Waals surface area (Å²) in [6.07, 6.45) is 2.38. The van der Waals surface area contributed by atoms with Gasteiger partial charge in [-0.1, -0.05) is 23.9 Å². The lowest BCUT2D eigenvalue weighted by molar-refractivity contribution is -0.118. The van der Waals surface area contributed by atoms with Gasteiger partial charge in [0.25, 0.3) is 0 Å². The monoisotopic (exact) mass is 496 g/mol. The van der Waals surface area contributed by atoms with Gasteiger partial charge in [-0.2, -0.15) is 0 Å². The van der Waals surface area contributed by atoms with Crippen molar-refractivity contribution < 1.29 is 19.0 Å². The topological polar surface area (TPSA) is 87.5 Å². The van der Waals surface area contributed by atoms with Gasteiger partial charge >= 0.3 is 0 Å². The molecule has 0 aliphatic rings. The lowest BCUT2D eigenvalue weighted by Gasteiger charge is -2.14. The second kappa shape index (κ2) is 13.4. The Morgan fingerprint density at radius 2 is 1.83 bits per heavy atom. The first-order chi connectivity index (χ1) is 17.1. The molecule has 0 saturated carbocycles. The normalized spacial score (nSPS) is 10.6. The molecule has 9 heteroatoms. The number of hydrogen-bond acceptors (Lipinski definition) is 7. The van der Waals surface area contributed by atoms with E-state index in [4.69, 9.17) is 14.2 Å². The minimum absolute atomic E-state index is 0.0803. The molecule has 0 atom stereocenters. The van der Waals surface area contributed by atoms with Crippen LogP contribution in [0.3, 0.4) is 0 Å². The zero-order valence-electron chi connectivity index (χ0n) is 20.5. The molecule has 1 amide bonds. The maximum atomic E-state index is 12.1. The van der Waals surface area contributed by atoms with Gasteiger partial charge < -0.3 is 24.1 Å². The maximum Gasteiger partial charge on any atom is 0.230 e. The van der Waals surface area contributed by atoms with Crippen LogP contribution >= 0.6 is 11.8 Å². The van der Waals surface area contributed by atoms with Crippen LogP contribution in [0, 0.1) is 0 Å². The average Bonchev–Trinajstić information content (AvgIpc) is 3.29. The molecule has 1 aromatic heterocycles. The summed E-state index contributed by atoms with van der Waals surface area (Å²) >= 11 is 1.36. The molecule has 0 unspecified atom stereocenters. The van der Waals surface area contributed by atoms with Gasteiger partial charge in [0.15, 0.2) is 22.5 Å². The van der Waals surface area contributed by atoms with Crippen molar-refractivity contribution in [2.24, 2.45) is 0 Å². The third-order valence-corrected chi connectivity index (χ3v) is 6.04. The smallest absolute Gasteiger partial charge is 0.230 e. The molecule has 1 N–H and O–H groups in total. The number of thioether (sulfide) groups is 1. The SMILES string of the molecule is C=CCNC(=O)CSc1nnc(-c2ccc(OC)cc2)n1CCc1ccc(OCC)c(OCC)c1. The zero-order valence-corrected chi connectivity index (χ0v) is 21.3. The van der Waals surface area contributed by atoms with Gasteiger partial charge in [-0.25, -0.2) is 0 Å². The highest BCUT2D eigenvalue weighted by atomic mass is 32.2. The number of hydrogen-bond donors (Lipinski definition) is 1. The second-order valence-corrected chi connectivity index (χ2v) is 8.41. The Bertz CT molecular complexity index is 1120. The molecular formula is C26H32N4O4S. The van der Waals surface area contributed by atoms with Crippen LogP contribution in [-0.2, 0) is 17.8 Å². The number of rotatable bonds is 14. The molecular weight excluding hydrogens is 464 g/mol. The van der Waals surface area contributed by atoms with Crippen LogP contribution < -0.4 is 19.5 Å². The molecule has 3 rings (SSSR count). The lowest BCUT2D eigenvalue weighted by Crippen LogP contribution is -2.25. The van der Waals surface area contributed by atoms with E-state index in [1.807, 2.05) is 60.9 Å². The predicted molar refractivity (Wildman–Crippen MR) is 138 cm³/mol. The number of nitrogens with one attached hydrogen (secondary N) is 1. The first kappa shape index (κ1) is 26.2. The van der Waals surface area contributed by atoms with E-state index in [9.17, 15) is 4.79 Å². The summed E-state index contributed by atoms with van der Waals surface area (Å²) in [5.74, 6) is 3.14. The number of benzene rings is 2. The first-order valence-corrected chi connectivity index (χ1v) is 12.5. The summed E-state index contributed by atoms with van der Waals surface area (Å²) < 4.78 is 18.8. The number of aryl methyl sites for hydroxylation is 1. The Morgan fingerprint density at radius 3 is 2.51 bits per heavy atom. The molecule has 0 bridgehead atoms. The highest BCUT2D eigenvalue weighted by molar-refractivity contribution is 7.99. The summed E-state index contributed by atoms with van der Waals surface area (Å²) in [6, 6.07) is 13.7. The predicted octanol–water partition coefficient (Wildman–Crippen LogP) is 4.39. The quantitative estimate of drug-likeness (QED) is 0.262. The molecule has 3 aromatic rings. The minimum atomic E-state index is -0.0803.